The first kappa shape index (κ1) is 28.9. The minimum Gasteiger partial charge on any atom is -0.373 e. The zero-order valence-corrected chi connectivity index (χ0v) is 23.5. The molecule has 1 amide bonds. The summed E-state index contributed by atoms with van der Waals surface area (Å²) in [5.41, 5.74) is 1.41. The summed E-state index contributed by atoms with van der Waals surface area (Å²) in [4.78, 5) is 30.2. The fourth-order valence-corrected chi connectivity index (χ4v) is 4.77. The van der Waals surface area contributed by atoms with E-state index in [1.54, 1.807) is 48.3 Å². The number of nitrogens with zero attached hydrogens (tertiary/aromatic N) is 6. The van der Waals surface area contributed by atoms with Crippen molar-refractivity contribution in [3.8, 4) is 5.82 Å². The molecule has 42 heavy (non-hydrogen) atoms. The van der Waals surface area contributed by atoms with Gasteiger partial charge in [0.1, 0.15) is 18.0 Å². The number of piperazine rings is 1. The molecule has 1 saturated heterocycles. The number of hydrogen-bond donors (Lipinski definition) is 3. The molecule has 0 spiro atoms. The Morgan fingerprint density at radius 3 is 2.50 bits per heavy atom. The number of anilines is 5. The molecule has 3 heterocycles. The second kappa shape index (κ2) is 12.1. The van der Waals surface area contributed by atoms with Gasteiger partial charge in [-0.05, 0) is 49.4 Å². The minimum atomic E-state index is -4.59. The molecule has 3 N–H and O–H groups in total. The van der Waals surface area contributed by atoms with E-state index in [2.05, 4.69) is 42.7 Å². The SMILES string of the molecule is CCN1CCN(c2cc(C(=O)Nc3ccc(C)c(Nc4nccn4-c4cc(NC)ncn4)c3)cc(C(F)(F)F)c2)CC1. The van der Waals surface area contributed by atoms with E-state index in [1.807, 2.05) is 11.8 Å². The quantitative estimate of drug-likeness (QED) is 0.263. The Kier molecular flexibility index (Phi) is 8.29. The number of imidazole rings is 1. The van der Waals surface area contributed by atoms with Gasteiger partial charge in [-0.15, -0.1) is 0 Å². The summed E-state index contributed by atoms with van der Waals surface area (Å²) in [6.45, 7) is 7.51. The molecule has 13 heteroatoms. The van der Waals surface area contributed by atoms with Gasteiger partial charge in [-0.1, -0.05) is 13.0 Å². The molecule has 0 atom stereocenters. The Morgan fingerprint density at radius 2 is 1.79 bits per heavy atom. The van der Waals surface area contributed by atoms with E-state index < -0.39 is 17.6 Å². The van der Waals surface area contributed by atoms with Crippen LogP contribution in [0, 0.1) is 6.92 Å². The molecule has 2 aromatic carbocycles. The zero-order valence-electron chi connectivity index (χ0n) is 23.5. The summed E-state index contributed by atoms with van der Waals surface area (Å²) in [5.74, 6) is 1.08. The molecule has 10 nitrogen and oxygen atoms in total. The standard InChI is InChI=1S/C29H32F3N9O/c1-4-39-9-11-40(12-10-39)23-14-20(13-21(15-23)29(30,31)32)27(42)37-22-6-5-19(2)24(16-22)38-28-34-7-8-41(28)26-17-25(33-3)35-18-36-26/h5-8,13-18H,4,9-12H2,1-3H3,(H,34,38)(H,37,42)(H,33,35,36). The molecule has 0 unspecified atom stereocenters. The summed E-state index contributed by atoms with van der Waals surface area (Å²) < 4.78 is 43.2. The average molecular weight is 580 g/mol. The lowest BCUT2D eigenvalue weighted by Gasteiger charge is -2.36. The first-order valence-electron chi connectivity index (χ1n) is 13.6. The van der Waals surface area contributed by atoms with Crippen LogP contribution in [-0.2, 0) is 6.18 Å². The smallest absolute Gasteiger partial charge is 0.373 e. The van der Waals surface area contributed by atoms with E-state index in [0.29, 0.717) is 47.7 Å². The first-order chi connectivity index (χ1) is 20.1. The summed E-state index contributed by atoms with van der Waals surface area (Å²) in [5, 5.41) is 8.99. The maximum absolute atomic E-state index is 13.8. The maximum Gasteiger partial charge on any atom is 0.416 e. The number of benzene rings is 2. The summed E-state index contributed by atoms with van der Waals surface area (Å²) in [6, 6.07) is 10.5. The van der Waals surface area contributed by atoms with Gasteiger partial charge in [-0.25, -0.2) is 15.0 Å². The third kappa shape index (κ3) is 6.46. The lowest BCUT2D eigenvalue weighted by atomic mass is 10.1. The van der Waals surface area contributed by atoms with E-state index in [-0.39, 0.29) is 5.56 Å². The Bertz CT molecular complexity index is 1560. The van der Waals surface area contributed by atoms with E-state index in [9.17, 15) is 18.0 Å². The largest absolute Gasteiger partial charge is 0.416 e. The van der Waals surface area contributed by atoms with Crippen molar-refractivity contribution < 1.29 is 18.0 Å². The van der Waals surface area contributed by atoms with Crippen LogP contribution < -0.4 is 20.9 Å². The lowest BCUT2D eigenvalue weighted by Crippen LogP contribution is -2.46. The van der Waals surface area contributed by atoms with E-state index in [1.165, 1.54) is 12.4 Å². The average Bonchev–Trinajstić information content (AvgIpc) is 3.46. The molecule has 0 aliphatic carbocycles. The molecule has 2 aromatic heterocycles. The fourth-order valence-electron chi connectivity index (χ4n) is 4.77. The molecule has 1 fully saturated rings. The van der Waals surface area contributed by atoms with Crippen molar-refractivity contribution in [2.45, 2.75) is 20.0 Å². The third-order valence-corrected chi connectivity index (χ3v) is 7.23. The predicted octanol–water partition coefficient (Wildman–Crippen LogP) is 5.17. The van der Waals surface area contributed by atoms with Gasteiger partial charge in [-0.2, -0.15) is 13.2 Å². The molecular formula is C29H32F3N9O. The molecule has 0 radical (unpaired) electrons. The van der Waals surface area contributed by atoms with Crippen LogP contribution in [0.2, 0.25) is 0 Å². The molecular weight excluding hydrogens is 547 g/mol. The number of halogens is 3. The van der Waals surface area contributed by atoms with Crippen molar-refractivity contribution in [2.75, 3.05) is 60.6 Å². The highest BCUT2D eigenvalue weighted by molar-refractivity contribution is 6.05. The normalized spacial score (nSPS) is 14.1. The molecule has 4 aromatic rings. The number of carbonyl (C=O) groups excluding carboxylic acids is 1. The van der Waals surface area contributed by atoms with Gasteiger partial charge < -0.3 is 25.8 Å². The van der Waals surface area contributed by atoms with Crippen molar-refractivity contribution in [3.05, 3.63) is 77.9 Å². The highest BCUT2D eigenvalue weighted by Gasteiger charge is 2.33. The number of rotatable bonds is 8. The number of nitrogens with one attached hydrogen (secondary N) is 3. The number of hydrogen-bond acceptors (Lipinski definition) is 8. The fraction of sp³-hybridized carbons (Fsp3) is 0.310. The van der Waals surface area contributed by atoms with Gasteiger partial charge in [0.15, 0.2) is 0 Å². The van der Waals surface area contributed by atoms with Crippen molar-refractivity contribution in [1.29, 1.82) is 0 Å². The van der Waals surface area contributed by atoms with Gasteiger partial charge in [0, 0.05) is 74.3 Å². The van der Waals surface area contributed by atoms with Gasteiger partial charge in [0.2, 0.25) is 5.95 Å². The summed E-state index contributed by atoms with van der Waals surface area (Å²) in [6.07, 6.45) is 0.226. The Labute approximate surface area is 241 Å². The van der Waals surface area contributed by atoms with E-state index >= 15 is 0 Å². The highest BCUT2D eigenvalue weighted by Crippen LogP contribution is 2.34. The van der Waals surface area contributed by atoms with Crippen LogP contribution in [-0.4, -0.2) is 70.1 Å². The topological polar surface area (TPSA) is 103 Å². The lowest BCUT2D eigenvalue weighted by molar-refractivity contribution is -0.137. The molecule has 5 rings (SSSR count). The van der Waals surface area contributed by atoms with Gasteiger partial charge in [0.05, 0.1) is 5.56 Å². The summed E-state index contributed by atoms with van der Waals surface area (Å²) >= 11 is 0. The Hall–Kier alpha value is -4.65. The van der Waals surface area contributed by atoms with Crippen molar-refractivity contribution in [1.82, 2.24) is 24.4 Å². The number of likely N-dealkylation sites (N-methyl/N-ethyl adjacent to an activating group) is 1. The molecule has 1 aliphatic heterocycles. The van der Waals surface area contributed by atoms with Gasteiger partial charge in [-0.3, -0.25) is 9.36 Å². The predicted molar refractivity (Wildman–Crippen MR) is 157 cm³/mol. The van der Waals surface area contributed by atoms with E-state index in [4.69, 9.17) is 0 Å². The van der Waals surface area contributed by atoms with Crippen LogP contribution in [0.3, 0.4) is 0 Å². The van der Waals surface area contributed by atoms with Crippen molar-refractivity contribution >= 4 is 34.7 Å². The van der Waals surface area contributed by atoms with Crippen molar-refractivity contribution in [3.63, 3.8) is 0 Å². The summed E-state index contributed by atoms with van der Waals surface area (Å²) in [7, 11) is 1.76. The second-order valence-corrected chi connectivity index (χ2v) is 9.93. The first-order valence-corrected chi connectivity index (χ1v) is 13.6. The number of aryl methyl sites for hydroxylation is 1. The third-order valence-electron chi connectivity index (χ3n) is 7.23. The van der Waals surface area contributed by atoms with E-state index in [0.717, 1.165) is 37.3 Å². The zero-order chi connectivity index (χ0) is 29.9. The molecule has 1 aliphatic rings. The Morgan fingerprint density at radius 1 is 1.00 bits per heavy atom. The van der Waals surface area contributed by atoms with Crippen LogP contribution >= 0.6 is 0 Å². The number of amides is 1. The van der Waals surface area contributed by atoms with Crippen LogP contribution in [0.15, 0.2) is 61.2 Å². The highest BCUT2D eigenvalue weighted by atomic mass is 19.4. The van der Waals surface area contributed by atoms with Gasteiger partial charge in [0.25, 0.3) is 5.91 Å². The monoisotopic (exact) mass is 579 g/mol. The van der Waals surface area contributed by atoms with Gasteiger partial charge >= 0.3 is 6.18 Å². The van der Waals surface area contributed by atoms with Crippen molar-refractivity contribution in [2.24, 2.45) is 0 Å². The molecule has 0 saturated carbocycles. The van der Waals surface area contributed by atoms with Crippen LogP contribution in [0.25, 0.3) is 5.82 Å². The number of aromatic nitrogens is 4. The second-order valence-electron chi connectivity index (χ2n) is 9.93. The Balaban J connectivity index is 1.38. The molecule has 220 valence electrons. The number of alkyl halides is 3. The number of carbonyl (C=O) groups is 1. The molecule has 0 bridgehead atoms. The maximum atomic E-state index is 13.8. The minimum absolute atomic E-state index is 0.0625. The van der Waals surface area contributed by atoms with Crippen LogP contribution in [0.1, 0.15) is 28.4 Å². The van der Waals surface area contributed by atoms with Crippen LogP contribution in [0.4, 0.5) is 42.0 Å². The van der Waals surface area contributed by atoms with Crippen LogP contribution in [0.5, 0.6) is 0 Å².